The van der Waals surface area contributed by atoms with Crippen LogP contribution in [0.5, 0.6) is 0 Å². The number of hydrogen-bond acceptors (Lipinski definition) is 2. The Balaban J connectivity index is 0.000000186. The Bertz CT molecular complexity index is 1180. The van der Waals surface area contributed by atoms with E-state index in [1.165, 1.54) is 47.6 Å². The fourth-order valence-electron chi connectivity index (χ4n) is 3.66. The number of thioether (sulfide) groups is 1. The van der Waals surface area contributed by atoms with Crippen LogP contribution in [0.15, 0.2) is 82.2 Å². The molecule has 0 saturated carbocycles. The average molecular weight is 610 g/mol. The van der Waals surface area contributed by atoms with Crippen molar-refractivity contribution >= 4 is 69.7 Å². The fraction of sp³-hybridized carbons (Fsp3) is 0.0417. The van der Waals surface area contributed by atoms with Gasteiger partial charge in [0.1, 0.15) is 0 Å². The molecule has 150 valence electrons. The third-order valence-corrected chi connectivity index (χ3v) is 6.86. The normalized spacial score (nSPS) is 13.1. The van der Waals surface area contributed by atoms with Crippen molar-refractivity contribution in [2.24, 2.45) is 0 Å². The van der Waals surface area contributed by atoms with Crippen molar-refractivity contribution < 1.29 is 47.5 Å². The quantitative estimate of drug-likeness (QED) is 0.280. The van der Waals surface area contributed by atoms with Crippen LogP contribution in [0.4, 0.5) is 0 Å². The first kappa shape index (κ1) is 25.8. The molecule has 0 amide bonds. The molecule has 0 atom stereocenters. The van der Waals surface area contributed by atoms with Crippen LogP contribution in [-0.4, -0.2) is 5.75 Å². The van der Waals surface area contributed by atoms with Crippen LogP contribution < -0.4 is 24.8 Å². The molecule has 0 bridgehead atoms. The van der Waals surface area contributed by atoms with E-state index in [-0.39, 0.29) is 24.8 Å². The minimum atomic E-state index is 0. The molecule has 0 fully saturated rings. The van der Waals surface area contributed by atoms with Gasteiger partial charge in [-0.15, -0.1) is 93.0 Å². The third kappa shape index (κ3) is 5.12. The minimum Gasteiger partial charge on any atom is -0.126 e. The monoisotopic (exact) mass is 606 g/mol. The van der Waals surface area contributed by atoms with E-state index in [0.717, 1.165) is 28.4 Å². The summed E-state index contributed by atoms with van der Waals surface area (Å²) in [6.45, 7) is 0. The number of halogens is 3. The van der Waals surface area contributed by atoms with Crippen molar-refractivity contribution in [2.75, 3.05) is 5.75 Å². The molecule has 0 radical (unpaired) electrons. The number of hydrogen-bond donors (Lipinski definition) is 0. The van der Waals surface area contributed by atoms with Gasteiger partial charge in [-0.1, -0.05) is 63.5 Å². The summed E-state index contributed by atoms with van der Waals surface area (Å²) in [5, 5.41) is 5.39. The van der Waals surface area contributed by atoms with Gasteiger partial charge < -0.3 is 24.8 Å². The second-order valence-electron chi connectivity index (χ2n) is 6.43. The largest absolute Gasteiger partial charge is 0.126 e. The van der Waals surface area contributed by atoms with Gasteiger partial charge in [0.05, 0.1) is 0 Å². The van der Waals surface area contributed by atoms with Crippen molar-refractivity contribution in [2.45, 2.75) is 0 Å². The molecule has 4 aromatic rings. The molecule has 1 aliphatic heterocycles. The molecule has 0 spiro atoms. The molecule has 0 N–H and O–H groups in total. The summed E-state index contributed by atoms with van der Waals surface area (Å²) in [4.78, 5) is 0. The zero-order chi connectivity index (χ0) is 19.5. The molecule has 6 rings (SSSR count). The molecular formula is C24H15BrCl2S2Zr-2. The summed E-state index contributed by atoms with van der Waals surface area (Å²) in [6.07, 6.45) is 2.27. The van der Waals surface area contributed by atoms with Crippen LogP contribution in [0.3, 0.4) is 0 Å². The molecule has 4 aromatic carbocycles. The summed E-state index contributed by atoms with van der Waals surface area (Å²) in [7, 11) is 4.17. The van der Waals surface area contributed by atoms with E-state index in [0.29, 0.717) is 0 Å². The van der Waals surface area contributed by atoms with E-state index in [4.69, 9.17) is 0 Å². The summed E-state index contributed by atoms with van der Waals surface area (Å²) in [5.41, 5.74) is 5.37. The minimum absolute atomic E-state index is 0. The van der Waals surface area contributed by atoms with E-state index in [9.17, 15) is 0 Å². The van der Waals surface area contributed by atoms with Crippen LogP contribution in [0, 0.1) is 6.07 Å². The topological polar surface area (TPSA) is 0 Å². The predicted octanol–water partition coefficient (Wildman–Crippen LogP) is 2.06. The first-order valence-electron chi connectivity index (χ1n) is 8.79. The Hall–Kier alpha value is -0.477. The van der Waals surface area contributed by atoms with Gasteiger partial charge in [-0.05, 0) is 0 Å². The van der Waals surface area contributed by atoms with Gasteiger partial charge in [0, 0.05) is 9.57 Å². The van der Waals surface area contributed by atoms with Crippen molar-refractivity contribution in [1.29, 1.82) is 0 Å². The molecule has 1 aliphatic carbocycles. The van der Waals surface area contributed by atoms with Crippen LogP contribution in [0.1, 0.15) is 11.1 Å². The molecule has 6 heteroatoms. The Morgan fingerprint density at radius 1 is 0.900 bits per heavy atom. The Labute approximate surface area is 220 Å². The van der Waals surface area contributed by atoms with E-state index in [1.54, 1.807) is 0 Å². The van der Waals surface area contributed by atoms with E-state index < -0.39 is 0 Å². The maximum atomic E-state index is 4.17. The Kier molecular flexibility index (Phi) is 10.3. The van der Waals surface area contributed by atoms with Gasteiger partial charge in [-0.3, -0.25) is 0 Å². The maximum Gasteiger partial charge on any atom is -0.0771 e. The molecule has 0 saturated heterocycles. The van der Waals surface area contributed by atoms with E-state index >= 15 is 0 Å². The second kappa shape index (κ2) is 11.9. The van der Waals surface area contributed by atoms with Crippen molar-refractivity contribution in [3.8, 4) is 0 Å². The third-order valence-electron chi connectivity index (χ3n) is 4.86. The van der Waals surface area contributed by atoms with E-state index in [1.807, 2.05) is 23.9 Å². The molecule has 0 aromatic heterocycles. The molecule has 30 heavy (non-hydrogen) atoms. The van der Waals surface area contributed by atoms with Gasteiger partial charge >= 0.3 is 31.5 Å². The maximum absolute atomic E-state index is 4.17. The molecule has 1 heterocycles. The van der Waals surface area contributed by atoms with Crippen LogP contribution in [0.2, 0.25) is 0 Å². The molecule has 0 unspecified atom stereocenters. The molecular weight excluding hydrogens is 594 g/mol. The smallest absolute Gasteiger partial charge is 0.0771 e. The van der Waals surface area contributed by atoms with Gasteiger partial charge in [0.25, 0.3) is 0 Å². The number of fused-ring (bicyclic) bond motifs is 6. The summed E-state index contributed by atoms with van der Waals surface area (Å²) >= 11 is 6.59. The first-order valence-corrected chi connectivity index (χ1v) is 14.0. The zero-order valence-corrected chi connectivity index (χ0v) is 22.9. The fourth-order valence-corrected chi connectivity index (χ4v) is 5.35. The van der Waals surface area contributed by atoms with Crippen molar-refractivity contribution in [1.82, 2.24) is 0 Å². The van der Waals surface area contributed by atoms with Gasteiger partial charge in [0.15, 0.2) is 0 Å². The zero-order valence-electron chi connectivity index (χ0n) is 15.7. The number of allylic oxidation sites excluding steroid dienone is 1. The van der Waals surface area contributed by atoms with Crippen LogP contribution in [0.25, 0.3) is 33.2 Å². The number of benzene rings is 3. The first-order chi connectivity index (χ1) is 13.8. The summed E-state index contributed by atoms with van der Waals surface area (Å²) in [6, 6.07) is 28.7. The van der Waals surface area contributed by atoms with Gasteiger partial charge in [0.2, 0.25) is 0 Å². The predicted molar refractivity (Wildman–Crippen MR) is 126 cm³/mol. The summed E-state index contributed by atoms with van der Waals surface area (Å²) < 4.78 is 1.26. The van der Waals surface area contributed by atoms with Crippen LogP contribution >= 0.6 is 36.5 Å². The SMILES string of the molecule is BrC1=C2C(=Cc3ccc[c-]c32)CS1.[Cl-].[Cl-].[S]=[Zr+2].c1ccc2c(c1)[cH-]c1ccccc12. The van der Waals surface area contributed by atoms with Crippen molar-refractivity contribution in [3.05, 3.63) is 99.4 Å². The van der Waals surface area contributed by atoms with Gasteiger partial charge in [-0.2, -0.15) is 0 Å². The van der Waals surface area contributed by atoms with Crippen LogP contribution in [-0.2, 0) is 22.7 Å². The Morgan fingerprint density at radius 3 is 2.13 bits per heavy atom. The van der Waals surface area contributed by atoms with E-state index in [2.05, 4.69) is 97.6 Å². The average Bonchev–Trinajstić information content (AvgIpc) is 3.42. The Morgan fingerprint density at radius 2 is 1.50 bits per heavy atom. The second-order valence-corrected chi connectivity index (χ2v) is 8.73. The molecule has 0 nitrogen and oxygen atoms in total. The molecule has 2 aliphatic rings. The van der Waals surface area contributed by atoms with Crippen molar-refractivity contribution in [3.63, 3.8) is 0 Å². The summed E-state index contributed by atoms with van der Waals surface area (Å²) in [5.74, 6) is 1.10. The van der Waals surface area contributed by atoms with Gasteiger partial charge in [-0.25, -0.2) is 0 Å². The number of rotatable bonds is 0. The standard InChI is InChI=1S/C13H9.C11H6BrS.2ClH.S.Zr/c1-3-7-12-10(5-1)9-11-6-2-4-8-13(11)12;12-11-10-8(6-13-11)5-7-3-1-2-4-9(7)10;;;;/h1-9H;1-3,5H,6H2;2*1H;;/q2*-1;;;;+2/p-2.